The summed E-state index contributed by atoms with van der Waals surface area (Å²) in [7, 11) is 0. The van der Waals surface area contributed by atoms with Gasteiger partial charge in [0.1, 0.15) is 5.92 Å². The maximum Gasteiger partial charge on any atom is 0.316 e. The van der Waals surface area contributed by atoms with Gasteiger partial charge in [-0.3, -0.25) is 19.7 Å². The van der Waals surface area contributed by atoms with E-state index in [9.17, 15) is 19.7 Å². The summed E-state index contributed by atoms with van der Waals surface area (Å²) in [5.74, 6) is -2.09. The Bertz CT molecular complexity index is 483. The zero-order valence-electron chi connectivity index (χ0n) is 10.1. The lowest BCUT2D eigenvalue weighted by molar-refractivity contribution is -0.384. The first-order valence-electron chi connectivity index (χ1n) is 5.42. The monoisotopic (exact) mass is 251 g/mol. The number of ether oxygens (including phenoxy) is 1. The van der Waals surface area contributed by atoms with Crippen LogP contribution in [0.1, 0.15) is 24.2 Å². The van der Waals surface area contributed by atoms with Crippen LogP contribution in [0.2, 0.25) is 0 Å². The number of rotatable bonds is 5. The average molecular weight is 251 g/mol. The number of nitro groups is 1. The highest BCUT2D eigenvalue weighted by atomic mass is 16.6. The van der Waals surface area contributed by atoms with Gasteiger partial charge in [0, 0.05) is 17.7 Å². The molecule has 6 heteroatoms. The summed E-state index contributed by atoms with van der Waals surface area (Å²) in [5.41, 5.74) is -0.0540. The number of nitro benzene ring substituents is 1. The van der Waals surface area contributed by atoms with Gasteiger partial charge in [-0.05, 0) is 13.8 Å². The zero-order chi connectivity index (χ0) is 13.7. The fraction of sp³-hybridized carbons (Fsp3) is 0.333. The van der Waals surface area contributed by atoms with E-state index in [0.717, 1.165) is 6.07 Å². The Morgan fingerprint density at radius 1 is 1.44 bits per heavy atom. The van der Waals surface area contributed by atoms with E-state index in [1.807, 2.05) is 0 Å². The smallest absolute Gasteiger partial charge is 0.316 e. The van der Waals surface area contributed by atoms with Gasteiger partial charge in [-0.25, -0.2) is 0 Å². The molecule has 1 rings (SSSR count). The van der Waals surface area contributed by atoms with E-state index >= 15 is 0 Å². The van der Waals surface area contributed by atoms with Gasteiger partial charge < -0.3 is 4.74 Å². The first-order chi connectivity index (χ1) is 8.47. The summed E-state index contributed by atoms with van der Waals surface area (Å²) >= 11 is 0. The van der Waals surface area contributed by atoms with Gasteiger partial charge in [0.25, 0.3) is 5.69 Å². The lowest BCUT2D eigenvalue weighted by Crippen LogP contribution is -2.23. The van der Waals surface area contributed by atoms with E-state index in [4.69, 9.17) is 4.74 Å². The third-order valence-electron chi connectivity index (χ3n) is 2.37. The Morgan fingerprint density at radius 3 is 2.67 bits per heavy atom. The van der Waals surface area contributed by atoms with Crippen molar-refractivity contribution in [2.45, 2.75) is 13.8 Å². The summed E-state index contributed by atoms with van der Waals surface area (Å²) in [4.78, 5) is 33.3. The van der Waals surface area contributed by atoms with Gasteiger partial charge >= 0.3 is 5.97 Å². The predicted octanol–water partition coefficient (Wildman–Crippen LogP) is 1.98. The molecule has 0 saturated carbocycles. The molecule has 0 fully saturated rings. The number of hydrogen-bond donors (Lipinski definition) is 0. The minimum absolute atomic E-state index is 0.129. The van der Waals surface area contributed by atoms with Gasteiger partial charge in [-0.2, -0.15) is 0 Å². The minimum atomic E-state index is -0.966. The lowest BCUT2D eigenvalue weighted by atomic mass is 9.99. The lowest BCUT2D eigenvalue weighted by Gasteiger charge is -2.09. The molecule has 0 radical (unpaired) electrons. The van der Waals surface area contributed by atoms with Crippen LogP contribution in [0.5, 0.6) is 0 Å². The van der Waals surface area contributed by atoms with Crippen molar-refractivity contribution in [2.24, 2.45) is 5.92 Å². The SMILES string of the molecule is CCOC(=O)C(C)C(=O)c1cccc([N+](=O)[O-])c1. The van der Waals surface area contributed by atoms with Crippen molar-refractivity contribution in [2.75, 3.05) is 6.61 Å². The summed E-state index contributed by atoms with van der Waals surface area (Å²) < 4.78 is 4.73. The fourth-order valence-electron chi connectivity index (χ4n) is 1.40. The van der Waals surface area contributed by atoms with Crippen LogP contribution in [0, 0.1) is 16.0 Å². The Labute approximate surface area is 104 Å². The van der Waals surface area contributed by atoms with Crippen LogP contribution in [-0.4, -0.2) is 23.3 Å². The van der Waals surface area contributed by atoms with Gasteiger partial charge in [-0.1, -0.05) is 12.1 Å². The van der Waals surface area contributed by atoms with Crippen LogP contribution in [0.25, 0.3) is 0 Å². The second kappa shape index (κ2) is 5.90. The molecule has 1 aromatic carbocycles. The first kappa shape index (κ1) is 13.8. The molecule has 0 aliphatic rings. The Kier molecular flexibility index (Phi) is 4.53. The number of ketones is 1. The normalized spacial score (nSPS) is 11.7. The number of benzene rings is 1. The van der Waals surface area contributed by atoms with E-state index in [2.05, 4.69) is 0 Å². The summed E-state index contributed by atoms with van der Waals surface area (Å²) in [6, 6.07) is 5.28. The molecule has 0 saturated heterocycles. The van der Waals surface area contributed by atoms with E-state index in [-0.39, 0.29) is 17.9 Å². The molecule has 18 heavy (non-hydrogen) atoms. The van der Waals surface area contributed by atoms with Crippen LogP contribution >= 0.6 is 0 Å². The highest BCUT2D eigenvalue weighted by molar-refractivity contribution is 6.08. The van der Waals surface area contributed by atoms with Crippen molar-refractivity contribution >= 4 is 17.4 Å². The number of esters is 1. The molecule has 1 atom stereocenters. The zero-order valence-corrected chi connectivity index (χ0v) is 10.1. The number of carbonyl (C=O) groups excluding carboxylic acids is 2. The van der Waals surface area contributed by atoms with Crippen LogP contribution in [0.4, 0.5) is 5.69 Å². The third kappa shape index (κ3) is 3.13. The standard InChI is InChI=1S/C12H13NO5/c1-3-18-12(15)8(2)11(14)9-5-4-6-10(7-9)13(16)17/h4-8H,3H2,1-2H3. The molecule has 6 nitrogen and oxygen atoms in total. The van der Waals surface area contributed by atoms with Crippen molar-refractivity contribution in [1.82, 2.24) is 0 Å². The van der Waals surface area contributed by atoms with Gasteiger partial charge in [0.15, 0.2) is 5.78 Å². The molecule has 0 aliphatic carbocycles. The Morgan fingerprint density at radius 2 is 2.11 bits per heavy atom. The molecule has 0 N–H and O–H groups in total. The molecule has 0 bridgehead atoms. The Hall–Kier alpha value is -2.24. The van der Waals surface area contributed by atoms with E-state index in [0.29, 0.717) is 0 Å². The average Bonchev–Trinajstić information content (AvgIpc) is 2.37. The number of nitrogens with zero attached hydrogens (tertiary/aromatic N) is 1. The molecule has 0 amide bonds. The second-order valence-corrected chi connectivity index (χ2v) is 3.65. The molecular formula is C12H13NO5. The maximum atomic E-state index is 11.9. The number of carbonyl (C=O) groups is 2. The summed E-state index contributed by atoms with van der Waals surface area (Å²) in [6.07, 6.45) is 0. The highest BCUT2D eigenvalue weighted by Crippen LogP contribution is 2.17. The van der Waals surface area contributed by atoms with E-state index in [1.54, 1.807) is 6.92 Å². The van der Waals surface area contributed by atoms with Crippen LogP contribution < -0.4 is 0 Å². The number of non-ortho nitro benzene ring substituents is 1. The second-order valence-electron chi connectivity index (χ2n) is 3.65. The van der Waals surface area contributed by atoms with Crippen molar-refractivity contribution in [3.8, 4) is 0 Å². The fourth-order valence-corrected chi connectivity index (χ4v) is 1.40. The molecule has 1 aromatic rings. The maximum absolute atomic E-state index is 11.9. The Balaban J connectivity index is 2.93. The molecule has 96 valence electrons. The first-order valence-corrected chi connectivity index (χ1v) is 5.42. The molecule has 0 aliphatic heterocycles. The number of hydrogen-bond acceptors (Lipinski definition) is 5. The third-order valence-corrected chi connectivity index (χ3v) is 2.37. The largest absolute Gasteiger partial charge is 0.465 e. The molecule has 0 aromatic heterocycles. The van der Waals surface area contributed by atoms with E-state index in [1.165, 1.54) is 25.1 Å². The van der Waals surface area contributed by atoms with Gasteiger partial charge in [0.2, 0.25) is 0 Å². The quantitative estimate of drug-likeness (QED) is 0.262. The predicted molar refractivity (Wildman–Crippen MR) is 63.2 cm³/mol. The van der Waals surface area contributed by atoms with E-state index < -0.39 is 22.6 Å². The molecule has 0 heterocycles. The van der Waals surface area contributed by atoms with Crippen LogP contribution in [0.3, 0.4) is 0 Å². The molecular weight excluding hydrogens is 238 g/mol. The van der Waals surface area contributed by atoms with Crippen LogP contribution in [0.15, 0.2) is 24.3 Å². The summed E-state index contributed by atoms with van der Waals surface area (Å²) in [6.45, 7) is 3.24. The summed E-state index contributed by atoms with van der Waals surface area (Å²) in [5, 5.41) is 10.6. The topological polar surface area (TPSA) is 86.5 Å². The minimum Gasteiger partial charge on any atom is -0.465 e. The van der Waals surface area contributed by atoms with Crippen molar-refractivity contribution in [1.29, 1.82) is 0 Å². The van der Waals surface area contributed by atoms with Gasteiger partial charge in [0.05, 0.1) is 11.5 Å². The highest BCUT2D eigenvalue weighted by Gasteiger charge is 2.24. The van der Waals surface area contributed by atoms with Crippen LogP contribution in [-0.2, 0) is 9.53 Å². The van der Waals surface area contributed by atoms with Crippen molar-refractivity contribution in [3.05, 3.63) is 39.9 Å². The van der Waals surface area contributed by atoms with Gasteiger partial charge in [-0.15, -0.1) is 0 Å². The molecule has 1 unspecified atom stereocenters. The van der Waals surface area contributed by atoms with Crippen molar-refractivity contribution < 1.29 is 19.2 Å². The van der Waals surface area contributed by atoms with Crippen molar-refractivity contribution in [3.63, 3.8) is 0 Å². The number of Topliss-reactive ketones (excluding diaryl/α,β-unsaturated/α-hetero) is 1. The molecule has 0 spiro atoms.